The van der Waals surface area contributed by atoms with Gasteiger partial charge in [0.2, 0.25) is 0 Å². The van der Waals surface area contributed by atoms with E-state index in [1.165, 1.54) is 65.9 Å². The molecule has 2 unspecified atom stereocenters. The molecule has 0 spiro atoms. The van der Waals surface area contributed by atoms with Crippen molar-refractivity contribution >= 4 is 23.1 Å². The quantitative estimate of drug-likeness (QED) is 0.287. The number of para-hydroxylation sites is 1. The summed E-state index contributed by atoms with van der Waals surface area (Å²) < 4.78 is 0. The lowest BCUT2D eigenvalue weighted by Gasteiger charge is -2.29. The molecule has 5 rings (SSSR count). The number of thioether (sulfide) groups is 1. The molecule has 2 heteroatoms. The predicted molar refractivity (Wildman–Crippen MR) is 130 cm³/mol. The van der Waals surface area contributed by atoms with Crippen molar-refractivity contribution in [2.24, 2.45) is 0 Å². The summed E-state index contributed by atoms with van der Waals surface area (Å²) in [6.45, 7) is 0. The largest absolute Gasteiger partial charge is 0.343 e. The number of benzene rings is 2. The zero-order valence-corrected chi connectivity index (χ0v) is 18.8. The van der Waals surface area contributed by atoms with Gasteiger partial charge in [-0.15, -0.1) is 11.8 Å². The molecular weight excluding hydrogens is 382 g/mol. The van der Waals surface area contributed by atoms with Crippen LogP contribution in [0.4, 0.5) is 11.4 Å². The summed E-state index contributed by atoms with van der Waals surface area (Å²) in [4.78, 5) is 3.86. The molecule has 1 aliphatic heterocycles. The molecule has 1 saturated carbocycles. The Morgan fingerprint density at radius 1 is 0.833 bits per heavy atom. The lowest BCUT2D eigenvalue weighted by atomic mass is 9.90. The molecule has 2 atom stereocenters. The summed E-state index contributed by atoms with van der Waals surface area (Å²) in [6, 6.07) is 15.9. The van der Waals surface area contributed by atoms with Crippen molar-refractivity contribution in [3.05, 3.63) is 65.7 Å². The normalized spacial score (nSPS) is 24.4. The fraction of sp³-hybridized carbons (Fsp3) is 0.429. The van der Waals surface area contributed by atoms with Crippen molar-refractivity contribution in [2.75, 3.05) is 11.9 Å². The summed E-state index contributed by atoms with van der Waals surface area (Å²) in [5.41, 5.74) is 5.62. The van der Waals surface area contributed by atoms with Crippen molar-refractivity contribution in [3.63, 3.8) is 0 Å². The molecule has 0 N–H and O–H groups in total. The summed E-state index contributed by atoms with van der Waals surface area (Å²) in [5.74, 6) is 8.00. The maximum atomic E-state index is 3.55. The van der Waals surface area contributed by atoms with Crippen LogP contribution in [0.15, 0.2) is 59.5 Å². The third-order valence-electron chi connectivity index (χ3n) is 6.90. The van der Waals surface area contributed by atoms with Crippen LogP contribution in [-0.4, -0.2) is 12.3 Å². The molecule has 0 radical (unpaired) electrons. The Balaban J connectivity index is 1.55. The maximum absolute atomic E-state index is 3.55. The first-order chi connectivity index (χ1) is 14.8. The molecule has 1 heterocycles. The molecule has 3 aliphatic rings. The molecule has 0 amide bonds. The summed E-state index contributed by atoms with van der Waals surface area (Å²) in [6.07, 6.45) is 15.1. The van der Waals surface area contributed by atoms with Crippen LogP contribution >= 0.6 is 11.8 Å². The van der Waals surface area contributed by atoms with Crippen LogP contribution in [0.5, 0.6) is 0 Å². The second kappa shape index (κ2) is 8.94. The van der Waals surface area contributed by atoms with Crippen molar-refractivity contribution in [3.8, 4) is 11.8 Å². The van der Waals surface area contributed by atoms with E-state index in [4.69, 9.17) is 0 Å². The van der Waals surface area contributed by atoms with E-state index in [2.05, 4.69) is 78.4 Å². The van der Waals surface area contributed by atoms with E-state index in [0.717, 1.165) is 12.8 Å². The molecule has 2 bridgehead atoms. The van der Waals surface area contributed by atoms with E-state index < -0.39 is 0 Å². The van der Waals surface area contributed by atoms with Crippen molar-refractivity contribution in [1.29, 1.82) is 0 Å². The molecule has 2 aromatic rings. The number of allylic oxidation sites excluding steroid dienone is 2. The van der Waals surface area contributed by atoms with E-state index in [-0.39, 0.29) is 5.92 Å². The number of hydrogen-bond acceptors (Lipinski definition) is 2. The number of rotatable bonds is 3. The molecule has 1 nitrogen and oxygen atoms in total. The first kappa shape index (κ1) is 19.8. The molecule has 1 fully saturated rings. The minimum Gasteiger partial charge on any atom is -0.343 e. The van der Waals surface area contributed by atoms with Gasteiger partial charge in [0, 0.05) is 17.6 Å². The Bertz CT molecular complexity index is 987. The third-order valence-corrected chi connectivity index (χ3v) is 8.22. The number of fused-ring (bicyclic) bond motifs is 4. The van der Waals surface area contributed by atoms with Gasteiger partial charge in [-0.2, -0.15) is 0 Å². The van der Waals surface area contributed by atoms with Gasteiger partial charge >= 0.3 is 0 Å². The fourth-order valence-electron chi connectivity index (χ4n) is 5.23. The standard InChI is InChI=1S/C28H31NS/c1-29(26-17-9-8-15-24(26)21-11-4-2-3-5-12-21)27-18-10-16-25-22-13-6-7-14-23(20-19-22)30-28(25)27/h6,8-10,13,15-18,21-23H,2-5,7,11-12,14H2,1H3/b13-6-. The van der Waals surface area contributed by atoms with Crippen LogP contribution in [-0.2, 0) is 0 Å². The van der Waals surface area contributed by atoms with Gasteiger partial charge in [-0.1, -0.05) is 80.0 Å². The lowest BCUT2D eigenvalue weighted by Crippen LogP contribution is -2.15. The van der Waals surface area contributed by atoms with Crippen LogP contribution in [0.1, 0.15) is 74.3 Å². The van der Waals surface area contributed by atoms with Crippen LogP contribution in [0.25, 0.3) is 0 Å². The highest BCUT2D eigenvalue weighted by molar-refractivity contribution is 8.00. The zero-order valence-electron chi connectivity index (χ0n) is 17.9. The zero-order chi connectivity index (χ0) is 20.3. The van der Waals surface area contributed by atoms with Crippen LogP contribution < -0.4 is 4.90 Å². The summed E-state index contributed by atoms with van der Waals surface area (Å²) >= 11 is 1.99. The molecule has 2 aliphatic carbocycles. The minimum atomic E-state index is 0.225. The molecular formula is C28H31NS. The number of anilines is 2. The van der Waals surface area contributed by atoms with Gasteiger partial charge in [-0.25, -0.2) is 0 Å². The molecule has 0 saturated heterocycles. The van der Waals surface area contributed by atoms with E-state index in [1.54, 1.807) is 0 Å². The number of nitrogens with zero attached hydrogens (tertiary/aromatic N) is 1. The molecule has 2 aromatic carbocycles. The highest BCUT2D eigenvalue weighted by Gasteiger charge is 2.26. The summed E-state index contributed by atoms with van der Waals surface area (Å²) in [5, 5.41) is 0.394. The Kier molecular flexibility index (Phi) is 5.91. The highest BCUT2D eigenvalue weighted by Crippen LogP contribution is 2.46. The van der Waals surface area contributed by atoms with E-state index >= 15 is 0 Å². The topological polar surface area (TPSA) is 3.24 Å². The minimum absolute atomic E-state index is 0.225. The van der Waals surface area contributed by atoms with E-state index in [9.17, 15) is 0 Å². The molecule has 0 aromatic heterocycles. The fourth-order valence-corrected chi connectivity index (χ4v) is 6.56. The van der Waals surface area contributed by atoms with Gasteiger partial charge in [-0.3, -0.25) is 0 Å². The molecule has 30 heavy (non-hydrogen) atoms. The van der Waals surface area contributed by atoms with Gasteiger partial charge < -0.3 is 4.90 Å². The smallest absolute Gasteiger partial charge is 0.0708 e. The Labute approximate surface area is 186 Å². The van der Waals surface area contributed by atoms with Crippen molar-refractivity contribution in [1.82, 2.24) is 0 Å². The Morgan fingerprint density at radius 2 is 1.60 bits per heavy atom. The monoisotopic (exact) mass is 413 g/mol. The third kappa shape index (κ3) is 3.93. The average molecular weight is 414 g/mol. The number of hydrogen-bond donors (Lipinski definition) is 0. The maximum Gasteiger partial charge on any atom is 0.0708 e. The summed E-state index contributed by atoms with van der Waals surface area (Å²) in [7, 11) is 2.26. The highest BCUT2D eigenvalue weighted by atomic mass is 32.2. The van der Waals surface area contributed by atoms with Gasteiger partial charge in [0.05, 0.1) is 16.9 Å². The van der Waals surface area contributed by atoms with Gasteiger partial charge in [-0.05, 0) is 54.9 Å². The van der Waals surface area contributed by atoms with Crippen LogP contribution in [0.2, 0.25) is 0 Å². The van der Waals surface area contributed by atoms with Gasteiger partial charge in [0.15, 0.2) is 0 Å². The van der Waals surface area contributed by atoms with Crippen molar-refractivity contribution < 1.29 is 0 Å². The molecule has 154 valence electrons. The lowest BCUT2D eigenvalue weighted by molar-refractivity contribution is 0.592. The van der Waals surface area contributed by atoms with E-state index in [1.807, 2.05) is 11.8 Å². The average Bonchev–Trinajstić information content (AvgIpc) is 3.10. The van der Waals surface area contributed by atoms with Gasteiger partial charge in [0.1, 0.15) is 0 Å². The van der Waals surface area contributed by atoms with Crippen LogP contribution in [0, 0.1) is 11.8 Å². The van der Waals surface area contributed by atoms with Crippen LogP contribution in [0.3, 0.4) is 0 Å². The van der Waals surface area contributed by atoms with E-state index in [0.29, 0.717) is 11.2 Å². The SMILES string of the molecule is CN(c1ccccc1C1CCCCCC1)c1cccc2c1SC1C#CC2/C=C\CC1. The Morgan fingerprint density at radius 3 is 2.47 bits per heavy atom. The Hall–Kier alpha value is -2.11. The first-order valence-electron chi connectivity index (χ1n) is 11.6. The second-order valence-electron chi connectivity index (χ2n) is 8.88. The first-order valence-corrected chi connectivity index (χ1v) is 12.5. The van der Waals surface area contributed by atoms with Gasteiger partial charge in [0.25, 0.3) is 0 Å². The predicted octanol–water partition coefficient (Wildman–Crippen LogP) is 7.80. The van der Waals surface area contributed by atoms with Crippen molar-refractivity contribution in [2.45, 2.75) is 73.3 Å². The second-order valence-corrected chi connectivity index (χ2v) is 10.1.